The van der Waals surface area contributed by atoms with Crippen LogP contribution < -0.4 is 15.4 Å². The highest BCUT2D eigenvalue weighted by Crippen LogP contribution is 2.36. The summed E-state index contributed by atoms with van der Waals surface area (Å²) in [5.74, 6) is 0.847. The molecule has 2 N–H and O–H groups in total. The van der Waals surface area contributed by atoms with Crippen LogP contribution in [0, 0.1) is 0 Å². The molecule has 2 aromatic rings. The van der Waals surface area contributed by atoms with Crippen LogP contribution in [0.4, 0.5) is 5.69 Å². The Balaban J connectivity index is 1.85. The molecule has 2 atom stereocenters. The maximum absolute atomic E-state index is 11.6. The van der Waals surface area contributed by atoms with Gasteiger partial charge in [-0.25, -0.2) is 0 Å². The first-order valence-electron chi connectivity index (χ1n) is 7.74. The van der Waals surface area contributed by atoms with Gasteiger partial charge in [-0.05, 0) is 37.1 Å². The van der Waals surface area contributed by atoms with Crippen molar-refractivity contribution in [2.45, 2.75) is 25.3 Å². The molecule has 0 saturated carbocycles. The number of carbonyl (C=O) groups excluding carboxylic acids is 1. The van der Waals surface area contributed by atoms with Crippen LogP contribution in [0.3, 0.4) is 0 Å². The third kappa shape index (κ3) is 2.99. The van der Waals surface area contributed by atoms with Gasteiger partial charge in [0, 0.05) is 30.9 Å². The SMILES string of the molecule is COc1ccc(C2CC(C)N(c3ccncc3C(N)=O)C2)cc1. The van der Waals surface area contributed by atoms with E-state index in [-0.39, 0.29) is 0 Å². The third-order valence-corrected chi connectivity index (χ3v) is 4.53. The average Bonchev–Trinajstić information content (AvgIpc) is 2.96. The lowest BCUT2D eigenvalue weighted by atomic mass is 9.97. The first kappa shape index (κ1) is 15.3. The van der Waals surface area contributed by atoms with Gasteiger partial charge in [0.2, 0.25) is 0 Å². The number of rotatable bonds is 4. The monoisotopic (exact) mass is 311 g/mol. The number of nitrogens with two attached hydrogens (primary N) is 1. The lowest BCUT2D eigenvalue weighted by molar-refractivity contribution is 0.100. The van der Waals surface area contributed by atoms with Crippen molar-refractivity contribution < 1.29 is 9.53 Å². The summed E-state index contributed by atoms with van der Waals surface area (Å²) in [7, 11) is 1.67. The number of primary amides is 1. The minimum absolute atomic E-state index is 0.336. The second kappa shape index (κ2) is 6.28. The van der Waals surface area contributed by atoms with E-state index in [2.05, 4.69) is 28.9 Å². The van der Waals surface area contributed by atoms with E-state index < -0.39 is 5.91 Å². The van der Waals surface area contributed by atoms with Crippen molar-refractivity contribution in [3.8, 4) is 5.75 Å². The summed E-state index contributed by atoms with van der Waals surface area (Å²) < 4.78 is 5.22. The lowest BCUT2D eigenvalue weighted by Gasteiger charge is -2.25. The molecule has 120 valence electrons. The molecule has 0 bridgehead atoms. The number of amides is 1. The molecule has 1 fully saturated rings. The van der Waals surface area contributed by atoms with Crippen LogP contribution in [0.1, 0.15) is 35.2 Å². The van der Waals surface area contributed by atoms with E-state index in [9.17, 15) is 4.79 Å². The third-order valence-electron chi connectivity index (χ3n) is 4.53. The number of pyridine rings is 1. The van der Waals surface area contributed by atoms with Gasteiger partial charge in [0.25, 0.3) is 5.91 Å². The van der Waals surface area contributed by atoms with Gasteiger partial charge in [0.05, 0.1) is 18.4 Å². The molecule has 1 aromatic carbocycles. The number of methoxy groups -OCH3 is 1. The lowest BCUT2D eigenvalue weighted by Crippen LogP contribution is -2.29. The van der Waals surface area contributed by atoms with Crippen molar-refractivity contribution in [2.24, 2.45) is 5.73 Å². The van der Waals surface area contributed by atoms with E-state index in [1.165, 1.54) is 5.56 Å². The van der Waals surface area contributed by atoms with Gasteiger partial charge >= 0.3 is 0 Å². The number of hydrogen-bond acceptors (Lipinski definition) is 4. The average molecular weight is 311 g/mol. The van der Waals surface area contributed by atoms with E-state index >= 15 is 0 Å². The van der Waals surface area contributed by atoms with Crippen LogP contribution >= 0.6 is 0 Å². The molecule has 1 aliphatic rings. The van der Waals surface area contributed by atoms with Gasteiger partial charge in [-0.1, -0.05) is 12.1 Å². The van der Waals surface area contributed by atoms with Crippen LogP contribution in [0.2, 0.25) is 0 Å². The van der Waals surface area contributed by atoms with Crippen molar-refractivity contribution in [2.75, 3.05) is 18.6 Å². The second-order valence-corrected chi connectivity index (χ2v) is 5.96. The van der Waals surface area contributed by atoms with E-state index in [1.807, 2.05) is 18.2 Å². The molecule has 23 heavy (non-hydrogen) atoms. The number of carbonyl (C=O) groups is 1. The Morgan fingerprint density at radius 1 is 1.30 bits per heavy atom. The number of hydrogen-bond donors (Lipinski definition) is 1. The normalized spacial score (nSPS) is 20.5. The van der Waals surface area contributed by atoms with Crippen molar-refractivity contribution in [1.29, 1.82) is 0 Å². The van der Waals surface area contributed by atoms with Gasteiger partial charge in [-0.2, -0.15) is 0 Å². The van der Waals surface area contributed by atoms with Gasteiger partial charge in [0.1, 0.15) is 5.75 Å². The highest BCUT2D eigenvalue weighted by molar-refractivity contribution is 5.98. The maximum Gasteiger partial charge on any atom is 0.252 e. The predicted octanol–water partition coefficient (Wildman–Crippen LogP) is 2.57. The van der Waals surface area contributed by atoms with E-state index in [4.69, 9.17) is 10.5 Å². The molecule has 3 rings (SSSR count). The van der Waals surface area contributed by atoms with Crippen LogP contribution in [0.15, 0.2) is 42.7 Å². The fourth-order valence-corrected chi connectivity index (χ4v) is 3.31. The van der Waals surface area contributed by atoms with Crippen molar-refractivity contribution >= 4 is 11.6 Å². The van der Waals surface area contributed by atoms with E-state index in [1.54, 1.807) is 19.5 Å². The van der Waals surface area contributed by atoms with Crippen LogP contribution in [-0.2, 0) is 0 Å². The summed E-state index contributed by atoms with van der Waals surface area (Å²) in [5.41, 5.74) is 8.13. The summed E-state index contributed by atoms with van der Waals surface area (Å²) in [6, 6.07) is 10.4. The van der Waals surface area contributed by atoms with E-state index in [0.717, 1.165) is 24.4 Å². The highest BCUT2D eigenvalue weighted by Gasteiger charge is 2.31. The van der Waals surface area contributed by atoms with Crippen LogP contribution in [0.5, 0.6) is 5.75 Å². The van der Waals surface area contributed by atoms with Gasteiger partial charge in [0.15, 0.2) is 0 Å². The molecule has 0 radical (unpaired) electrons. The number of aromatic nitrogens is 1. The van der Waals surface area contributed by atoms with Gasteiger partial charge in [-0.3, -0.25) is 9.78 Å². The van der Waals surface area contributed by atoms with Crippen molar-refractivity contribution in [3.63, 3.8) is 0 Å². The fraction of sp³-hybridized carbons (Fsp3) is 0.333. The molecule has 1 amide bonds. The zero-order valence-corrected chi connectivity index (χ0v) is 13.4. The molecule has 0 aliphatic carbocycles. The number of benzene rings is 1. The summed E-state index contributed by atoms with van der Waals surface area (Å²) in [4.78, 5) is 17.9. The quantitative estimate of drug-likeness (QED) is 0.942. The Morgan fingerprint density at radius 3 is 2.70 bits per heavy atom. The standard InChI is InChI=1S/C18H21N3O2/c1-12-9-14(13-3-5-15(23-2)6-4-13)11-21(12)17-7-8-20-10-16(17)18(19)22/h3-8,10,12,14H,9,11H2,1-2H3,(H2,19,22). The molecule has 5 heteroatoms. The zero-order chi connectivity index (χ0) is 16.4. The van der Waals surface area contributed by atoms with E-state index in [0.29, 0.717) is 17.5 Å². The first-order chi connectivity index (χ1) is 11.1. The molecule has 2 heterocycles. The summed E-state index contributed by atoms with van der Waals surface area (Å²) in [6.07, 6.45) is 4.28. The minimum Gasteiger partial charge on any atom is -0.497 e. The topological polar surface area (TPSA) is 68.4 Å². The summed E-state index contributed by atoms with van der Waals surface area (Å²) in [5, 5.41) is 0. The smallest absolute Gasteiger partial charge is 0.252 e. The molecule has 0 spiro atoms. The molecular weight excluding hydrogens is 290 g/mol. The largest absolute Gasteiger partial charge is 0.497 e. The Hall–Kier alpha value is -2.56. The van der Waals surface area contributed by atoms with Crippen molar-refractivity contribution in [1.82, 2.24) is 4.98 Å². The number of ether oxygens (including phenoxy) is 1. The zero-order valence-electron chi connectivity index (χ0n) is 13.4. The Bertz CT molecular complexity index is 700. The molecule has 5 nitrogen and oxygen atoms in total. The van der Waals surface area contributed by atoms with Crippen molar-refractivity contribution in [3.05, 3.63) is 53.9 Å². The Morgan fingerprint density at radius 2 is 2.04 bits per heavy atom. The molecule has 2 unspecified atom stereocenters. The van der Waals surface area contributed by atoms with Gasteiger partial charge < -0.3 is 15.4 Å². The predicted molar refractivity (Wildman–Crippen MR) is 89.9 cm³/mol. The maximum atomic E-state index is 11.6. The molecule has 1 saturated heterocycles. The molecule has 1 aromatic heterocycles. The molecule has 1 aliphatic heterocycles. The number of nitrogens with zero attached hydrogens (tertiary/aromatic N) is 2. The first-order valence-corrected chi connectivity index (χ1v) is 7.74. The van der Waals surface area contributed by atoms with Crippen LogP contribution in [0.25, 0.3) is 0 Å². The Labute approximate surface area is 136 Å². The molecular formula is C18H21N3O2. The summed E-state index contributed by atoms with van der Waals surface area (Å²) >= 11 is 0. The van der Waals surface area contributed by atoms with Crippen LogP contribution in [-0.4, -0.2) is 30.6 Å². The fourth-order valence-electron chi connectivity index (χ4n) is 3.31. The minimum atomic E-state index is -0.437. The summed E-state index contributed by atoms with van der Waals surface area (Å²) in [6.45, 7) is 3.03. The highest BCUT2D eigenvalue weighted by atomic mass is 16.5. The Kier molecular flexibility index (Phi) is 4.19. The number of anilines is 1. The second-order valence-electron chi connectivity index (χ2n) is 5.96. The van der Waals surface area contributed by atoms with Gasteiger partial charge in [-0.15, -0.1) is 0 Å².